The quantitative estimate of drug-likeness (QED) is 0.221. The van der Waals surface area contributed by atoms with Crippen molar-refractivity contribution >= 4 is 6.09 Å². The van der Waals surface area contributed by atoms with Gasteiger partial charge in [0.2, 0.25) is 6.79 Å². The smallest absolute Gasteiger partial charge is 0.407 e. The second-order valence-corrected chi connectivity index (χ2v) is 12.9. The summed E-state index contributed by atoms with van der Waals surface area (Å²) in [6.07, 6.45) is 7.14. The minimum absolute atomic E-state index is 0.00425. The van der Waals surface area contributed by atoms with E-state index in [1.165, 1.54) is 11.1 Å². The van der Waals surface area contributed by atoms with Gasteiger partial charge in [0.25, 0.3) is 0 Å². The second kappa shape index (κ2) is 15.0. The Kier molecular flexibility index (Phi) is 9.96. The first-order valence-electron chi connectivity index (χ1n) is 16.9. The van der Waals surface area contributed by atoms with E-state index in [-0.39, 0.29) is 24.3 Å². The molecule has 10 nitrogen and oxygen atoms in total. The van der Waals surface area contributed by atoms with Crippen LogP contribution in [0.2, 0.25) is 0 Å². The first-order chi connectivity index (χ1) is 23.1. The van der Waals surface area contributed by atoms with Crippen LogP contribution in [-0.2, 0) is 30.7 Å². The zero-order valence-corrected chi connectivity index (χ0v) is 26.9. The molecule has 0 radical (unpaired) electrons. The first-order valence-corrected chi connectivity index (χ1v) is 16.9. The van der Waals surface area contributed by atoms with Gasteiger partial charge in [0.1, 0.15) is 6.10 Å². The van der Waals surface area contributed by atoms with Crippen LogP contribution in [0.4, 0.5) is 4.79 Å². The maximum atomic E-state index is 13.2. The normalized spacial score (nSPS) is 18.2. The molecule has 47 heavy (non-hydrogen) atoms. The number of benzene rings is 3. The Hall–Kier alpha value is -4.41. The molecule has 1 N–H and O–H groups in total. The molecule has 4 aromatic rings. The SMILES string of the molecule is O=C(N[C@@H](Cc1ccccc1)[C@H](Cc1ccccc1)n1cc(CN2CCN(Cc3ccc4c(c3)OCO4)CC2)nn1)OC1CCCC1. The fraction of sp³-hybridized carbons (Fsp3) is 0.432. The summed E-state index contributed by atoms with van der Waals surface area (Å²) < 4.78 is 18.9. The number of carbonyl (C=O) groups excluding carboxylic acids is 1. The number of nitrogens with zero attached hydrogens (tertiary/aromatic N) is 5. The van der Waals surface area contributed by atoms with Gasteiger partial charge in [-0.1, -0.05) is 71.9 Å². The number of nitrogens with one attached hydrogen (secondary N) is 1. The van der Waals surface area contributed by atoms with Gasteiger partial charge in [-0.3, -0.25) is 9.80 Å². The Morgan fingerprint density at radius 3 is 2.19 bits per heavy atom. The van der Waals surface area contributed by atoms with Crippen molar-refractivity contribution in [3.05, 3.63) is 107 Å². The molecular weight excluding hydrogens is 592 g/mol. The molecular formula is C37H44N6O4. The van der Waals surface area contributed by atoms with E-state index in [4.69, 9.17) is 14.2 Å². The van der Waals surface area contributed by atoms with Crippen LogP contribution < -0.4 is 14.8 Å². The zero-order chi connectivity index (χ0) is 31.8. The lowest BCUT2D eigenvalue weighted by Gasteiger charge is -2.34. The molecule has 1 saturated heterocycles. The maximum Gasteiger partial charge on any atom is 0.407 e. The molecule has 0 spiro atoms. The van der Waals surface area contributed by atoms with E-state index in [9.17, 15) is 4.79 Å². The Morgan fingerprint density at radius 2 is 1.47 bits per heavy atom. The van der Waals surface area contributed by atoms with Gasteiger partial charge in [0.15, 0.2) is 11.5 Å². The van der Waals surface area contributed by atoms with E-state index in [0.717, 1.165) is 87.7 Å². The number of hydrogen-bond acceptors (Lipinski definition) is 8. The van der Waals surface area contributed by atoms with Crippen LogP contribution in [0.15, 0.2) is 85.1 Å². The minimum Gasteiger partial charge on any atom is -0.454 e. The topological polar surface area (TPSA) is 94.0 Å². The van der Waals surface area contributed by atoms with E-state index >= 15 is 0 Å². The number of ether oxygens (including phenoxy) is 3. The fourth-order valence-corrected chi connectivity index (χ4v) is 6.95. The number of fused-ring (bicyclic) bond motifs is 1. The molecule has 1 amide bonds. The summed E-state index contributed by atoms with van der Waals surface area (Å²) in [7, 11) is 0. The summed E-state index contributed by atoms with van der Waals surface area (Å²) in [6.45, 7) is 5.78. The van der Waals surface area contributed by atoms with Gasteiger partial charge < -0.3 is 19.5 Å². The lowest BCUT2D eigenvalue weighted by Crippen LogP contribution is -2.45. The van der Waals surface area contributed by atoms with Crippen LogP contribution in [0.5, 0.6) is 11.5 Å². The lowest BCUT2D eigenvalue weighted by molar-refractivity contribution is 0.0946. The number of carbonyl (C=O) groups is 1. The highest BCUT2D eigenvalue weighted by atomic mass is 16.7. The van der Waals surface area contributed by atoms with Crippen molar-refractivity contribution in [1.29, 1.82) is 0 Å². The minimum atomic E-state index is -0.352. The number of aromatic nitrogens is 3. The van der Waals surface area contributed by atoms with Crippen LogP contribution >= 0.6 is 0 Å². The Bertz CT molecular complexity index is 1580. The lowest BCUT2D eigenvalue weighted by atomic mass is 9.94. The third-order valence-corrected chi connectivity index (χ3v) is 9.52. The van der Waals surface area contributed by atoms with Crippen LogP contribution in [0.1, 0.15) is 54.1 Å². The predicted molar refractivity (Wildman–Crippen MR) is 178 cm³/mol. The standard InChI is InChI=1S/C37H44N6O4/c44-37(47-32-13-7-8-14-32)38-33(21-28-9-3-1-4-10-28)34(22-29-11-5-2-6-12-29)43-26-31(39-40-43)25-42-19-17-41(18-20-42)24-30-15-16-35-36(23-30)46-27-45-35/h1-6,9-12,15-16,23,26,32-34H,7-8,13-14,17-22,24-25,27H2,(H,38,44)/t33-,34-/m0/s1. The fourth-order valence-electron chi connectivity index (χ4n) is 6.95. The van der Waals surface area contributed by atoms with Crippen molar-refractivity contribution < 1.29 is 19.0 Å². The van der Waals surface area contributed by atoms with Crippen molar-refractivity contribution in [2.45, 2.75) is 69.8 Å². The van der Waals surface area contributed by atoms with Gasteiger partial charge in [-0.05, 0) is 67.3 Å². The molecule has 2 fully saturated rings. The zero-order valence-electron chi connectivity index (χ0n) is 26.9. The van der Waals surface area contributed by atoms with Gasteiger partial charge in [0.05, 0.1) is 24.0 Å². The van der Waals surface area contributed by atoms with E-state index in [1.54, 1.807) is 0 Å². The monoisotopic (exact) mass is 636 g/mol. The Balaban J connectivity index is 1.03. The summed E-state index contributed by atoms with van der Waals surface area (Å²) >= 11 is 0. The average molecular weight is 637 g/mol. The third kappa shape index (κ3) is 8.31. The van der Waals surface area contributed by atoms with Gasteiger partial charge in [-0.15, -0.1) is 5.10 Å². The highest BCUT2D eigenvalue weighted by Crippen LogP contribution is 2.33. The highest BCUT2D eigenvalue weighted by Gasteiger charge is 2.30. The van der Waals surface area contributed by atoms with E-state index in [1.807, 2.05) is 35.0 Å². The molecule has 0 bridgehead atoms. The maximum absolute atomic E-state index is 13.2. The highest BCUT2D eigenvalue weighted by molar-refractivity contribution is 5.68. The molecule has 10 heteroatoms. The summed E-state index contributed by atoms with van der Waals surface area (Å²) in [5, 5.41) is 12.6. The van der Waals surface area contributed by atoms with Crippen molar-refractivity contribution in [1.82, 2.24) is 30.1 Å². The van der Waals surface area contributed by atoms with Crippen molar-refractivity contribution in [2.75, 3.05) is 33.0 Å². The number of piperazine rings is 1. The number of amides is 1. The molecule has 2 aliphatic heterocycles. The van der Waals surface area contributed by atoms with Crippen LogP contribution in [0.3, 0.4) is 0 Å². The van der Waals surface area contributed by atoms with Crippen LogP contribution in [-0.4, -0.2) is 76.0 Å². The summed E-state index contributed by atoms with van der Waals surface area (Å²) in [5.41, 5.74) is 4.49. The van der Waals surface area contributed by atoms with E-state index in [2.05, 4.69) is 80.2 Å². The second-order valence-electron chi connectivity index (χ2n) is 12.9. The van der Waals surface area contributed by atoms with E-state index < -0.39 is 0 Å². The summed E-state index contributed by atoms with van der Waals surface area (Å²) in [6, 6.07) is 26.5. The number of hydrogen-bond donors (Lipinski definition) is 1. The van der Waals surface area contributed by atoms with Gasteiger partial charge in [-0.2, -0.15) is 0 Å². The van der Waals surface area contributed by atoms with Crippen molar-refractivity contribution in [3.63, 3.8) is 0 Å². The number of alkyl carbamates (subject to hydrolysis) is 1. The summed E-state index contributed by atoms with van der Waals surface area (Å²) in [5.74, 6) is 1.66. The Labute approximate surface area is 276 Å². The first kappa shape index (κ1) is 31.2. The molecule has 3 aliphatic rings. The van der Waals surface area contributed by atoms with E-state index in [0.29, 0.717) is 19.6 Å². The largest absolute Gasteiger partial charge is 0.454 e. The van der Waals surface area contributed by atoms with Gasteiger partial charge in [-0.25, -0.2) is 9.48 Å². The molecule has 246 valence electrons. The molecule has 0 unspecified atom stereocenters. The van der Waals surface area contributed by atoms with Crippen molar-refractivity contribution in [3.8, 4) is 11.5 Å². The molecule has 3 aromatic carbocycles. The Morgan fingerprint density at radius 1 is 0.809 bits per heavy atom. The van der Waals surface area contributed by atoms with Crippen LogP contribution in [0, 0.1) is 0 Å². The van der Waals surface area contributed by atoms with Gasteiger partial charge >= 0.3 is 6.09 Å². The molecule has 2 atom stereocenters. The van der Waals surface area contributed by atoms with Gasteiger partial charge in [0, 0.05) is 39.3 Å². The molecule has 1 aromatic heterocycles. The van der Waals surface area contributed by atoms with Crippen molar-refractivity contribution in [2.24, 2.45) is 0 Å². The molecule has 1 aliphatic carbocycles. The predicted octanol–water partition coefficient (Wildman–Crippen LogP) is 5.39. The summed E-state index contributed by atoms with van der Waals surface area (Å²) in [4.78, 5) is 18.2. The van der Waals surface area contributed by atoms with Crippen LogP contribution in [0.25, 0.3) is 0 Å². The average Bonchev–Trinajstić information content (AvgIpc) is 3.88. The molecule has 3 heterocycles. The molecule has 7 rings (SSSR count). The number of rotatable bonds is 12. The molecule has 1 saturated carbocycles. The third-order valence-electron chi connectivity index (χ3n) is 9.52.